The van der Waals surface area contributed by atoms with Gasteiger partial charge in [-0.15, -0.1) is 0 Å². The monoisotopic (exact) mass is 421 g/mol. The summed E-state index contributed by atoms with van der Waals surface area (Å²) in [7, 11) is 0. The van der Waals surface area contributed by atoms with Crippen LogP contribution in [-0.2, 0) is 0 Å². The average molecular weight is 422 g/mol. The third-order valence-electron chi connectivity index (χ3n) is 5.06. The summed E-state index contributed by atoms with van der Waals surface area (Å²) >= 11 is 0. The van der Waals surface area contributed by atoms with Crippen LogP contribution in [0.15, 0.2) is 0 Å². The zero-order valence-electron chi connectivity index (χ0n) is 18.4. The van der Waals surface area contributed by atoms with Crippen LogP contribution in [0.1, 0.15) is 44.9 Å². The van der Waals surface area contributed by atoms with E-state index in [0.717, 1.165) is 104 Å². The Labute approximate surface area is 177 Å². The molecule has 0 atom stereocenters. The van der Waals surface area contributed by atoms with Gasteiger partial charge in [-0.1, -0.05) is 0 Å². The third-order valence-corrected chi connectivity index (χ3v) is 5.06. The molecule has 8 heteroatoms. The van der Waals surface area contributed by atoms with E-state index < -0.39 is 0 Å². The standard InChI is InChI=1S/C21H47N3O5/c25-17-3-12-22(8-1-10-23(13-4-18-26)14-5-19-27)9-2-11-24(15-6-20-28)16-7-21-29/h25-29H,1-21H2. The van der Waals surface area contributed by atoms with Crippen molar-refractivity contribution in [3.05, 3.63) is 0 Å². The summed E-state index contributed by atoms with van der Waals surface area (Å²) in [6, 6.07) is 0. The van der Waals surface area contributed by atoms with Crippen molar-refractivity contribution in [1.29, 1.82) is 0 Å². The largest absolute Gasteiger partial charge is 0.396 e. The summed E-state index contributed by atoms with van der Waals surface area (Å²) in [5, 5.41) is 45.4. The molecule has 176 valence electrons. The first-order chi connectivity index (χ1) is 14.2. The van der Waals surface area contributed by atoms with Gasteiger partial charge in [0.2, 0.25) is 0 Å². The Morgan fingerprint density at radius 1 is 0.276 bits per heavy atom. The second-order valence-electron chi connectivity index (χ2n) is 7.62. The Kier molecular flexibility index (Phi) is 22.1. The van der Waals surface area contributed by atoms with Crippen LogP contribution in [0.2, 0.25) is 0 Å². The summed E-state index contributed by atoms with van der Waals surface area (Å²) in [5.74, 6) is 0. The van der Waals surface area contributed by atoms with Gasteiger partial charge in [-0.05, 0) is 71.1 Å². The maximum Gasteiger partial charge on any atom is 0.0443 e. The highest BCUT2D eigenvalue weighted by molar-refractivity contribution is 4.65. The van der Waals surface area contributed by atoms with E-state index in [1.807, 2.05) is 0 Å². The normalized spacial score (nSPS) is 12.0. The van der Waals surface area contributed by atoms with Crippen LogP contribution in [-0.4, -0.2) is 132 Å². The van der Waals surface area contributed by atoms with E-state index in [2.05, 4.69) is 14.7 Å². The lowest BCUT2D eigenvalue weighted by Crippen LogP contribution is -2.35. The van der Waals surface area contributed by atoms with E-state index >= 15 is 0 Å². The first kappa shape index (κ1) is 28.7. The lowest BCUT2D eigenvalue weighted by Gasteiger charge is -2.27. The zero-order chi connectivity index (χ0) is 21.6. The molecule has 0 radical (unpaired) electrons. The Bertz CT molecular complexity index is 285. The molecular weight excluding hydrogens is 374 g/mol. The Hall–Kier alpha value is -0.320. The van der Waals surface area contributed by atoms with Crippen molar-refractivity contribution < 1.29 is 25.5 Å². The molecule has 0 aromatic carbocycles. The van der Waals surface area contributed by atoms with Crippen LogP contribution in [0.25, 0.3) is 0 Å². The first-order valence-electron chi connectivity index (χ1n) is 11.4. The van der Waals surface area contributed by atoms with Crippen molar-refractivity contribution in [3.8, 4) is 0 Å². The molecule has 0 aromatic heterocycles. The molecule has 0 unspecified atom stereocenters. The molecule has 8 nitrogen and oxygen atoms in total. The molecule has 0 aliphatic heterocycles. The molecule has 0 spiro atoms. The van der Waals surface area contributed by atoms with Gasteiger partial charge in [-0.25, -0.2) is 0 Å². The quantitative estimate of drug-likeness (QED) is 0.151. The van der Waals surface area contributed by atoms with Crippen LogP contribution < -0.4 is 0 Å². The molecule has 0 rings (SSSR count). The molecule has 0 aliphatic carbocycles. The lowest BCUT2D eigenvalue weighted by molar-refractivity contribution is 0.171. The van der Waals surface area contributed by atoms with Gasteiger partial charge in [-0.2, -0.15) is 0 Å². The Balaban J connectivity index is 4.32. The molecule has 29 heavy (non-hydrogen) atoms. The minimum atomic E-state index is 0.196. The second-order valence-corrected chi connectivity index (χ2v) is 7.62. The van der Waals surface area contributed by atoms with E-state index in [-0.39, 0.29) is 33.0 Å². The maximum atomic E-state index is 9.19. The van der Waals surface area contributed by atoms with Crippen molar-refractivity contribution in [2.45, 2.75) is 44.9 Å². The van der Waals surface area contributed by atoms with Gasteiger partial charge >= 0.3 is 0 Å². The minimum Gasteiger partial charge on any atom is -0.396 e. The van der Waals surface area contributed by atoms with Gasteiger partial charge in [0, 0.05) is 65.8 Å². The summed E-state index contributed by atoms with van der Waals surface area (Å²) in [6.07, 6.45) is 5.88. The second kappa shape index (κ2) is 22.4. The molecule has 0 amide bonds. The lowest BCUT2D eigenvalue weighted by atomic mass is 10.2. The van der Waals surface area contributed by atoms with Gasteiger partial charge in [0.15, 0.2) is 0 Å². The first-order valence-corrected chi connectivity index (χ1v) is 11.4. The molecule has 0 heterocycles. The topological polar surface area (TPSA) is 111 Å². The molecule has 0 saturated heterocycles. The van der Waals surface area contributed by atoms with Crippen molar-refractivity contribution in [3.63, 3.8) is 0 Å². The molecule has 5 N–H and O–H groups in total. The third kappa shape index (κ3) is 18.2. The SMILES string of the molecule is OCCCN(CCCO)CCCN(CCCO)CCCN(CCCO)CCCO. The van der Waals surface area contributed by atoms with Crippen LogP contribution in [0.3, 0.4) is 0 Å². The molecule has 0 aromatic rings. The van der Waals surface area contributed by atoms with Crippen LogP contribution >= 0.6 is 0 Å². The van der Waals surface area contributed by atoms with Crippen LogP contribution in [0, 0.1) is 0 Å². The minimum absolute atomic E-state index is 0.196. The average Bonchev–Trinajstić information content (AvgIpc) is 2.74. The molecule has 0 aliphatic rings. The van der Waals surface area contributed by atoms with E-state index in [1.54, 1.807) is 0 Å². The van der Waals surface area contributed by atoms with Gasteiger partial charge in [0.25, 0.3) is 0 Å². The highest BCUT2D eigenvalue weighted by Crippen LogP contribution is 2.03. The number of hydrogen-bond donors (Lipinski definition) is 5. The fraction of sp³-hybridized carbons (Fsp3) is 1.00. The van der Waals surface area contributed by atoms with Crippen molar-refractivity contribution >= 4 is 0 Å². The predicted molar refractivity (Wildman–Crippen MR) is 117 cm³/mol. The molecular formula is C21H47N3O5. The smallest absolute Gasteiger partial charge is 0.0443 e. The van der Waals surface area contributed by atoms with Crippen molar-refractivity contribution in [2.75, 3.05) is 91.9 Å². The maximum absolute atomic E-state index is 9.19. The van der Waals surface area contributed by atoms with E-state index in [0.29, 0.717) is 0 Å². The van der Waals surface area contributed by atoms with E-state index in [4.69, 9.17) is 20.4 Å². The fourth-order valence-corrected chi connectivity index (χ4v) is 3.51. The van der Waals surface area contributed by atoms with Crippen molar-refractivity contribution in [2.24, 2.45) is 0 Å². The summed E-state index contributed by atoms with van der Waals surface area (Å²) in [6.45, 7) is 9.16. The highest BCUT2D eigenvalue weighted by atomic mass is 16.3. The summed E-state index contributed by atoms with van der Waals surface area (Å²) in [5.41, 5.74) is 0. The number of nitrogens with zero attached hydrogens (tertiary/aromatic N) is 3. The highest BCUT2D eigenvalue weighted by Gasteiger charge is 2.10. The molecule has 0 fully saturated rings. The van der Waals surface area contributed by atoms with Crippen LogP contribution in [0.4, 0.5) is 0 Å². The fourth-order valence-electron chi connectivity index (χ4n) is 3.51. The van der Waals surface area contributed by atoms with Gasteiger partial charge in [0.05, 0.1) is 0 Å². The van der Waals surface area contributed by atoms with Gasteiger partial charge in [-0.3, -0.25) is 0 Å². The van der Waals surface area contributed by atoms with E-state index in [9.17, 15) is 5.11 Å². The van der Waals surface area contributed by atoms with Crippen LogP contribution in [0.5, 0.6) is 0 Å². The van der Waals surface area contributed by atoms with Crippen molar-refractivity contribution in [1.82, 2.24) is 14.7 Å². The number of hydrogen-bond acceptors (Lipinski definition) is 8. The Morgan fingerprint density at radius 3 is 0.621 bits per heavy atom. The van der Waals surface area contributed by atoms with Gasteiger partial charge < -0.3 is 40.2 Å². The predicted octanol–water partition coefficient (Wildman–Crippen LogP) is -0.415. The zero-order valence-corrected chi connectivity index (χ0v) is 18.4. The number of rotatable bonds is 23. The summed E-state index contributed by atoms with van der Waals surface area (Å²) < 4.78 is 0. The van der Waals surface area contributed by atoms with E-state index in [1.165, 1.54) is 0 Å². The molecule has 0 saturated carbocycles. The summed E-state index contributed by atoms with van der Waals surface area (Å²) in [4.78, 5) is 7.02. The number of aliphatic hydroxyl groups is 5. The molecule has 0 bridgehead atoms. The van der Waals surface area contributed by atoms with Gasteiger partial charge in [0.1, 0.15) is 0 Å². The Morgan fingerprint density at radius 2 is 0.448 bits per heavy atom. The number of aliphatic hydroxyl groups excluding tert-OH is 5.